The van der Waals surface area contributed by atoms with Gasteiger partial charge in [0, 0.05) is 12.1 Å². The highest BCUT2D eigenvalue weighted by molar-refractivity contribution is 4.86. The third-order valence-electron chi connectivity index (χ3n) is 3.81. The van der Waals surface area contributed by atoms with E-state index in [1.54, 1.807) is 0 Å². The van der Waals surface area contributed by atoms with E-state index in [0.717, 1.165) is 17.9 Å². The lowest BCUT2D eigenvalue weighted by molar-refractivity contribution is 0.430. The lowest BCUT2D eigenvalue weighted by Crippen LogP contribution is -2.35. The van der Waals surface area contributed by atoms with Crippen molar-refractivity contribution >= 4 is 0 Å². The Morgan fingerprint density at radius 3 is 2.86 bits per heavy atom. The van der Waals surface area contributed by atoms with Crippen LogP contribution in [-0.4, -0.2) is 25.2 Å². The Labute approximate surface area is 87.8 Å². The first kappa shape index (κ1) is 10.4. The van der Waals surface area contributed by atoms with Gasteiger partial charge in [-0.2, -0.15) is 0 Å². The van der Waals surface area contributed by atoms with Crippen LogP contribution in [-0.2, 0) is 0 Å². The van der Waals surface area contributed by atoms with Gasteiger partial charge in [-0.3, -0.25) is 0 Å². The summed E-state index contributed by atoms with van der Waals surface area (Å²) in [7, 11) is 0. The van der Waals surface area contributed by atoms with Gasteiger partial charge in [0.05, 0.1) is 0 Å². The fraction of sp³-hybridized carbons (Fsp3) is 1.00. The van der Waals surface area contributed by atoms with Crippen molar-refractivity contribution in [2.45, 2.75) is 51.6 Å². The van der Waals surface area contributed by atoms with Crippen LogP contribution in [0, 0.1) is 11.8 Å². The average molecular weight is 196 g/mol. The molecule has 0 aromatic carbocycles. The molecule has 0 bridgehead atoms. The van der Waals surface area contributed by atoms with Crippen LogP contribution in [0.2, 0.25) is 0 Å². The minimum absolute atomic E-state index is 0.693. The van der Waals surface area contributed by atoms with Gasteiger partial charge < -0.3 is 10.6 Å². The lowest BCUT2D eigenvalue weighted by atomic mass is 10.1. The van der Waals surface area contributed by atoms with Crippen molar-refractivity contribution in [2.24, 2.45) is 11.8 Å². The predicted molar refractivity (Wildman–Crippen MR) is 60.4 cm³/mol. The smallest absolute Gasteiger partial charge is 0.00822 e. The van der Waals surface area contributed by atoms with Gasteiger partial charge in [-0.1, -0.05) is 6.92 Å². The number of hydrogen-bond acceptors (Lipinski definition) is 2. The molecule has 0 amide bonds. The molecule has 0 spiro atoms. The van der Waals surface area contributed by atoms with Gasteiger partial charge >= 0.3 is 0 Å². The first-order valence-corrected chi connectivity index (χ1v) is 6.22. The summed E-state index contributed by atoms with van der Waals surface area (Å²) in [6.07, 6.45) is 5.51. The van der Waals surface area contributed by atoms with E-state index < -0.39 is 0 Å². The molecule has 1 aliphatic carbocycles. The molecule has 2 fully saturated rings. The van der Waals surface area contributed by atoms with E-state index >= 15 is 0 Å². The summed E-state index contributed by atoms with van der Waals surface area (Å²) in [6.45, 7) is 7.16. The molecule has 1 aliphatic heterocycles. The SMILES string of the molecule is CC(CC1CCCN1)NCC1CC1C. The topological polar surface area (TPSA) is 24.1 Å². The molecule has 0 aromatic rings. The van der Waals surface area contributed by atoms with E-state index in [1.165, 1.54) is 38.8 Å². The zero-order chi connectivity index (χ0) is 9.97. The average Bonchev–Trinajstić information content (AvgIpc) is 2.65. The predicted octanol–water partition coefficient (Wildman–Crippen LogP) is 1.76. The van der Waals surface area contributed by atoms with E-state index in [-0.39, 0.29) is 0 Å². The second-order valence-corrected chi connectivity index (χ2v) is 5.31. The van der Waals surface area contributed by atoms with Gasteiger partial charge in [-0.25, -0.2) is 0 Å². The highest BCUT2D eigenvalue weighted by Gasteiger charge is 2.32. The quantitative estimate of drug-likeness (QED) is 0.700. The van der Waals surface area contributed by atoms with Crippen molar-refractivity contribution in [2.75, 3.05) is 13.1 Å². The zero-order valence-electron chi connectivity index (χ0n) is 9.55. The molecule has 2 heteroatoms. The van der Waals surface area contributed by atoms with Gasteiger partial charge in [0.25, 0.3) is 0 Å². The van der Waals surface area contributed by atoms with Crippen molar-refractivity contribution in [1.82, 2.24) is 10.6 Å². The maximum Gasteiger partial charge on any atom is 0.00822 e. The molecule has 1 heterocycles. The number of nitrogens with one attached hydrogen (secondary N) is 2. The molecule has 14 heavy (non-hydrogen) atoms. The summed E-state index contributed by atoms with van der Waals surface area (Å²) >= 11 is 0. The van der Waals surface area contributed by atoms with Crippen LogP contribution in [0.4, 0.5) is 0 Å². The van der Waals surface area contributed by atoms with E-state index in [9.17, 15) is 0 Å². The summed E-state index contributed by atoms with van der Waals surface area (Å²) in [5.41, 5.74) is 0. The third kappa shape index (κ3) is 2.96. The molecule has 2 rings (SSSR count). The van der Waals surface area contributed by atoms with E-state index in [0.29, 0.717) is 6.04 Å². The minimum atomic E-state index is 0.693. The molecule has 2 N–H and O–H groups in total. The van der Waals surface area contributed by atoms with Gasteiger partial charge in [0.2, 0.25) is 0 Å². The van der Waals surface area contributed by atoms with Crippen molar-refractivity contribution in [3.63, 3.8) is 0 Å². The van der Waals surface area contributed by atoms with E-state index in [4.69, 9.17) is 0 Å². The number of rotatable bonds is 5. The van der Waals surface area contributed by atoms with Crippen LogP contribution in [0.25, 0.3) is 0 Å². The maximum absolute atomic E-state index is 3.66. The number of hydrogen-bond donors (Lipinski definition) is 2. The normalized spacial score (nSPS) is 38.6. The van der Waals surface area contributed by atoms with Crippen molar-refractivity contribution in [3.05, 3.63) is 0 Å². The monoisotopic (exact) mass is 196 g/mol. The summed E-state index contributed by atoms with van der Waals surface area (Å²) in [4.78, 5) is 0. The first-order chi connectivity index (χ1) is 6.75. The standard InChI is InChI=1S/C12H24N2/c1-9-6-11(9)8-14-10(2)7-12-4-3-5-13-12/h9-14H,3-8H2,1-2H3. The molecular weight excluding hydrogens is 172 g/mol. The fourth-order valence-electron chi connectivity index (χ4n) is 2.50. The van der Waals surface area contributed by atoms with Crippen LogP contribution in [0.5, 0.6) is 0 Å². The molecule has 82 valence electrons. The van der Waals surface area contributed by atoms with Crippen LogP contribution >= 0.6 is 0 Å². The van der Waals surface area contributed by atoms with Crippen LogP contribution in [0.1, 0.15) is 39.5 Å². The summed E-state index contributed by atoms with van der Waals surface area (Å²) in [5.74, 6) is 1.97. The fourth-order valence-corrected chi connectivity index (χ4v) is 2.50. The van der Waals surface area contributed by atoms with Gasteiger partial charge in [-0.15, -0.1) is 0 Å². The molecule has 2 aliphatic rings. The molecule has 2 nitrogen and oxygen atoms in total. The van der Waals surface area contributed by atoms with Crippen LogP contribution in [0.3, 0.4) is 0 Å². The van der Waals surface area contributed by atoms with E-state index in [2.05, 4.69) is 24.5 Å². The van der Waals surface area contributed by atoms with Gasteiger partial charge in [0.15, 0.2) is 0 Å². The summed E-state index contributed by atoms with van der Waals surface area (Å²) in [5, 5.41) is 7.22. The first-order valence-electron chi connectivity index (χ1n) is 6.22. The van der Waals surface area contributed by atoms with Crippen molar-refractivity contribution in [1.29, 1.82) is 0 Å². The Kier molecular flexibility index (Phi) is 3.45. The van der Waals surface area contributed by atoms with Crippen molar-refractivity contribution < 1.29 is 0 Å². The summed E-state index contributed by atoms with van der Waals surface area (Å²) in [6, 6.07) is 1.48. The Bertz CT molecular complexity index is 175. The Morgan fingerprint density at radius 2 is 2.29 bits per heavy atom. The molecule has 4 unspecified atom stereocenters. The molecule has 4 atom stereocenters. The zero-order valence-corrected chi connectivity index (χ0v) is 9.55. The largest absolute Gasteiger partial charge is 0.314 e. The van der Waals surface area contributed by atoms with Gasteiger partial charge in [0.1, 0.15) is 0 Å². The molecular formula is C12H24N2. The Balaban J connectivity index is 1.56. The minimum Gasteiger partial charge on any atom is -0.314 e. The molecule has 1 saturated carbocycles. The molecule has 0 aromatic heterocycles. The maximum atomic E-state index is 3.66. The van der Waals surface area contributed by atoms with E-state index in [1.807, 2.05) is 0 Å². The second kappa shape index (κ2) is 4.63. The van der Waals surface area contributed by atoms with Crippen LogP contribution < -0.4 is 10.6 Å². The molecule has 1 saturated heterocycles. The third-order valence-corrected chi connectivity index (χ3v) is 3.81. The van der Waals surface area contributed by atoms with Crippen LogP contribution in [0.15, 0.2) is 0 Å². The second-order valence-electron chi connectivity index (χ2n) is 5.31. The van der Waals surface area contributed by atoms with Gasteiger partial charge in [-0.05, 0) is 57.5 Å². The summed E-state index contributed by atoms with van der Waals surface area (Å²) < 4.78 is 0. The Morgan fingerprint density at radius 1 is 1.50 bits per heavy atom. The lowest BCUT2D eigenvalue weighted by Gasteiger charge is -2.18. The molecule has 0 radical (unpaired) electrons. The highest BCUT2D eigenvalue weighted by atomic mass is 15.0. The van der Waals surface area contributed by atoms with Crippen molar-refractivity contribution in [3.8, 4) is 0 Å². The highest BCUT2D eigenvalue weighted by Crippen LogP contribution is 2.36. The Hall–Kier alpha value is -0.0800.